The number of pyridine rings is 1. The van der Waals surface area contributed by atoms with E-state index in [1.807, 2.05) is 18.2 Å². The van der Waals surface area contributed by atoms with Gasteiger partial charge in [-0.2, -0.15) is 0 Å². The summed E-state index contributed by atoms with van der Waals surface area (Å²) >= 11 is 0.183. The molecule has 1 aromatic heterocycles. The van der Waals surface area contributed by atoms with Gasteiger partial charge in [0.1, 0.15) is 0 Å². The van der Waals surface area contributed by atoms with Crippen LogP contribution in [0.5, 0.6) is 0 Å². The van der Waals surface area contributed by atoms with Crippen molar-refractivity contribution >= 4 is 5.82 Å². The molecule has 1 aliphatic heterocycles. The van der Waals surface area contributed by atoms with Gasteiger partial charge in [-0.3, -0.25) is 0 Å². The molecule has 0 amide bonds. The SMILES string of the molecule is OCCN(C1=CC[I-]1)c1ccccn1. The Labute approximate surface area is 93.7 Å². The molecule has 0 saturated carbocycles. The molecule has 1 aromatic rings. The van der Waals surface area contributed by atoms with Crippen molar-refractivity contribution in [3.8, 4) is 0 Å². The molecule has 0 fully saturated rings. The zero-order valence-electron chi connectivity index (χ0n) is 7.73. The van der Waals surface area contributed by atoms with Crippen LogP contribution in [0.1, 0.15) is 0 Å². The molecule has 1 N–H and O–H groups in total. The van der Waals surface area contributed by atoms with Gasteiger partial charge in [-0.05, 0) is 0 Å². The van der Waals surface area contributed by atoms with E-state index in [0.717, 1.165) is 5.82 Å². The van der Waals surface area contributed by atoms with E-state index >= 15 is 0 Å². The molecule has 0 radical (unpaired) electrons. The van der Waals surface area contributed by atoms with Crippen molar-refractivity contribution < 1.29 is 26.3 Å². The van der Waals surface area contributed by atoms with E-state index in [9.17, 15) is 0 Å². The molecule has 2 heterocycles. The summed E-state index contributed by atoms with van der Waals surface area (Å²) in [5.41, 5.74) is 0. The van der Waals surface area contributed by atoms with Crippen LogP contribution < -0.4 is 26.1 Å². The van der Waals surface area contributed by atoms with E-state index in [4.69, 9.17) is 5.11 Å². The van der Waals surface area contributed by atoms with Gasteiger partial charge in [-0.1, -0.05) is 0 Å². The molecule has 76 valence electrons. The van der Waals surface area contributed by atoms with Crippen molar-refractivity contribution in [1.82, 2.24) is 4.98 Å². The van der Waals surface area contributed by atoms with Crippen LogP contribution >= 0.6 is 0 Å². The molecule has 4 heteroatoms. The molecule has 1 aliphatic rings. The minimum atomic E-state index is 0.178. The van der Waals surface area contributed by atoms with Gasteiger partial charge in [0.05, 0.1) is 0 Å². The summed E-state index contributed by atoms with van der Waals surface area (Å²) in [4.78, 5) is 6.41. The fraction of sp³-hybridized carbons (Fsp3) is 0.300. The number of rotatable bonds is 4. The quantitative estimate of drug-likeness (QED) is 0.391. The number of allylic oxidation sites excluding steroid dienone is 1. The Hall–Kier alpha value is -0.620. The first-order valence-electron chi connectivity index (χ1n) is 4.50. The molecule has 0 aliphatic carbocycles. The Balaban J connectivity index is 2.18. The van der Waals surface area contributed by atoms with Crippen LogP contribution in [-0.4, -0.2) is 27.7 Å². The van der Waals surface area contributed by atoms with Crippen molar-refractivity contribution in [2.75, 3.05) is 22.5 Å². The Morgan fingerprint density at radius 1 is 1.50 bits per heavy atom. The molecule has 0 saturated heterocycles. The maximum absolute atomic E-state index is 8.98. The topological polar surface area (TPSA) is 36.4 Å². The molecule has 0 aromatic carbocycles. The third kappa shape index (κ3) is 2.06. The molecule has 0 unspecified atom stereocenters. The average molecular weight is 303 g/mol. The van der Waals surface area contributed by atoms with Gasteiger partial charge in [0.15, 0.2) is 0 Å². The Morgan fingerprint density at radius 3 is 2.86 bits per heavy atom. The third-order valence-electron chi connectivity index (χ3n) is 1.97. The van der Waals surface area contributed by atoms with Gasteiger partial charge >= 0.3 is 93.8 Å². The Bertz CT molecular complexity index is 326. The number of aliphatic hydroxyl groups is 1. The summed E-state index contributed by atoms with van der Waals surface area (Å²) in [6.45, 7) is 0.834. The molecule has 2 rings (SSSR count). The predicted molar refractivity (Wildman–Crippen MR) is 51.6 cm³/mol. The number of aromatic nitrogens is 1. The molecular weight excluding hydrogens is 291 g/mol. The van der Waals surface area contributed by atoms with Crippen LogP contribution in [0.15, 0.2) is 34.2 Å². The summed E-state index contributed by atoms with van der Waals surface area (Å²) < 4.78 is 2.64. The number of hydrogen-bond acceptors (Lipinski definition) is 3. The number of aliphatic hydroxyl groups excluding tert-OH is 1. The van der Waals surface area contributed by atoms with Gasteiger partial charge in [0.25, 0.3) is 0 Å². The molecule has 3 nitrogen and oxygen atoms in total. The van der Waals surface area contributed by atoms with Gasteiger partial charge in [-0.25, -0.2) is 0 Å². The first-order valence-corrected chi connectivity index (χ1v) is 7.11. The van der Waals surface area contributed by atoms with E-state index in [1.165, 1.54) is 8.13 Å². The van der Waals surface area contributed by atoms with Crippen LogP contribution in [0, 0.1) is 0 Å². The van der Waals surface area contributed by atoms with E-state index in [-0.39, 0.29) is 27.8 Å². The molecule has 0 atom stereocenters. The van der Waals surface area contributed by atoms with Gasteiger partial charge in [0.2, 0.25) is 0 Å². The summed E-state index contributed by atoms with van der Waals surface area (Å²) in [6.07, 6.45) is 4.02. The van der Waals surface area contributed by atoms with Crippen molar-refractivity contribution in [3.05, 3.63) is 34.2 Å². The normalized spacial score (nSPS) is 15.1. The van der Waals surface area contributed by atoms with Crippen molar-refractivity contribution in [2.45, 2.75) is 0 Å². The zero-order valence-corrected chi connectivity index (χ0v) is 9.89. The fourth-order valence-corrected chi connectivity index (χ4v) is 3.01. The maximum atomic E-state index is 8.98. The van der Waals surface area contributed by atoms with Crippen LogP contribution in [-0.2, 0) is 0 Å². The van der Waals surface area contributed by atoms with Crippen LogP contribution in [0.4, 0.5) is 5.82 Å². The van der Waals surface area contributed by atoms with E-state index in [0.29, 0.717) is 6.54 Å². The van der Waals surface area contributed by atoms with Crippen molar-refractivity contribution in [2.24, 2.45) is 0 Å². The summed E-state index contributed by atoms with van der Waals surface area (Å²) in [5, 5.41) is 8.98. The second kappa shape index (κ2) is 4.75. The first kappa shape index (κ1) is 9.92. The van der Waals surface area contributed by atoms with Crippen molar-refractivity contribution in [3.63, 3.8) is 0 Å². The van der Waals surface area contributed by atoms with E-state index < -0.39 is 0 Å². The summed E-state index contributed by atoms with van der Waals surface area (Å²) in [6, 6.07) is 5.87. The monoisotopic (exact) mass is 303 g/mol. The third-order valence-corrected chi connectivity index (χ3v) is 4.65. The standard InChI is InChI=1S/C10H12IN2O/c14-8-7-13(9-4-5-11-9)10-3-1-2-6-12-10/h1-4,6,14H,5,7-8H2/q-1. The number of nitrogens with zero attached hydrogens (tertiary/aromatic N) is 2. The van der Waals surface area contributed by atoms with Crippen LogP contribution in [0.25, 0.3) is 0 Å². The second-order valence-corrected chi connectivity index (χ2v) is 5.63. The minimum absolute atomic E-state index is 0.178. The molecule has 0 spiro atoms. The number of alkyl halides is 1. The number of halogens is 1. The van der Waals surface area contributed by atoms with Crippen LogP contribution in [0.3, 0.4) is 0 Å². The van der Waals surface area contributed by atoms with Crippen molar-refractivity contribution in [1.29, 1.82) is 0 Å². The van der Waals surface area contributed by atoms with Crippen LogP contribution in [0.2, 0.25) is 0 Å². The average Bonchev–Trinajstić information content (AvgIpc) is 2.16. The number of anilines is 1. The zero-order chi connectivity index (χ0) is 9.80. The first-order chi connectivity index (χ1) is 6.92. The van der Waals surface area contributed by atoms with E-state index in [1.54, 1.807) is 6.20 Å². The van der Waals surface area contributed by atoms with Gasteiger partial charge in [0, 0.05) is 0 Å². The fourth-order valence-electron chi connectivity index (χ4n) is 1.27. The Kier molecular flexibility index (Phi) is 3.36. The van der Waals surface area contributed by atoms with E-state index in [2.05, 4.69) is 16.0 Å². The predicted octanol–water partition coefficient (Wildman–Crippen LogP) is -2.18. The molecule has 14 heavy (non-hydrogen) atoms. The molecular formula is C10H12IN2O-. The van der Waals surface area contributed by atoms with Gasteiger partial charge in [-0.15, -0.1) is 0 Å². The Morgan fingerprint density at radius 2 is 2.36 bits per heavy atom. The van der Waals surface area contributed by atoms with Gasteiger partial charge < -0.3 is 0 Å². The summed E-state index contributed by atoms with van der Waals surface area (Å²) in [7, 11) is 0. The summed E-state index contributed by atoms with van der Waals surface area (Å²) in [5.74, 6) is 0.951. The second-order valence-electron chi connectivity index (χ2n) is 2.88. The number of hydrogen-bond donors (Lipinski definition) is 1. The molecule has 0 bridgehead atoms.